The van der Waals surface area contributed by atoms with E-state index >= 15 is 0 Å². The lowest BCUT2D eigenvalue weighted by molar-refractivity contribution is 0.190. The van der Waals surface area contributed by atoms with Gasteiger partial charge < -0.3 is 14.3 Å². The molecule has 1 fully saturated rings. The molecule has 1 aliphatic heterocycles. The van der Waals surface area contributed by atoms with E-state index in [9.17, 15) is 0 Å². The van der Waals surface area contributed by atoms with Gasteiger partial charge in [0.2, 0.25) is 11.8 Å². The standard InChI is InChI=1S/C15H17N5O2S/c1-20-5-4-16-8-11(20)14-18-13(22-19-14)7-10-9-21-15(17-10)12-3-2-6-23-12/h2-3,6,9,11,16H,4-5,7-8H2,1H3. The largest absolute Gasteiger partial charge is 0.444 e. The van der Waals surface area contributed by atoms with E-state index < -0.39 is 0 Å². The maximum atomic E-state index is 5.51. The Morgan fingerprint density at radius 3 is 3.22 bits per heavy atom. The van der Waals surface area contributed by atoms with Crippen molar-refractivity contribution in [3.8, 4) is 10.8 Å². The monoisotopic (exact) mass is 331 g/mol. The average molecular weight is 331 g/mol. The second-order valence-electron chi connectivity index (χ2n) is 5.54. The zero-order chi connectivity index (χ0) is 15.6. The fourth-order valence-electron chi connectivity index (χ4n) is 2.63. The zero-order valence-corrected chi connectivity index (χ0v) is 13.5. The minimum atomic E-state index is 0.153. The molecular weight excluding hydrogens is 314 g/mol. The highest BCUT2D eigenvalue weighted by molar-refractivity contribution is 7.13. The van der Waals surface area contributed by atoms with Gasteiger partial charge in [-0.1, -0.05) is 11.2 Å². The Labute approximate surface area is 137 Å². The van der Waals surface area contributed by atoms with Crippen LogP contribution in [-0.2, 0) is 6.42 Å². The van der Waals surface area contributed by atoms with Gasteiger partial charge in [0, 0.05) is 19.6 Å². The lowest BCUT2D eigenvalue weighted by Gasteiger charge is -2.30. The number of rotatable bonds is 4. The Hall–Kier alpha value is -2.03. The van der Waals surface area contributed by atoms with Crippen molar-refractivity contribution in [2.24, 2.45) is 0 Å². The molecule has 1 atom stereocenters. The minimum absolute atomic E-state index is 0.153. The Morgan fingerprint density at radius 1 is 1.43 bits per heavy atom. The Morgan fingerprint density at radius 2 is 2.39 bits per heavy atom. The molecule has 1 unspecified atom stereocenters. The molecule has 0 aromatic carbocycles. The van der Waals surface area contributed by atoms with Crippen molar-refractivity contribution >= 4 is 11.3 Å². The summed E-state index contributed by atoms with van der Waals surface area (Å²) in [5, 5.41) is 9.47. The molecule has 4 heterocycles. The topological polar surface area (TPSA) is 80.2 Å². The van der Waals surface area contributed by atoms with Crippen molar-refractivity contribution in [3.05, 3.63) is 41.2 Å². The van der Waals surface area contributed by atoms with Crippen LogP contribution in [0.3, 0.4) is 0 Å². The molecule has 0 saturated carbocycles. The van der Waals surface area contributed by atoms with Crippen LogP contribution in [0.4, 0.5) is 0 Å². The molecule has 3 aromatic heterocycles. The van der Waals surface area contributed by atoms with Gasteiger partial charge in [-0.3, -0.25) is 4.90 Å². The van der Waals surface area contributed by atoms with Crippen LogP contribution in [0.2, 0.25) is 0 Å². The van der Waals surface area contributed by atoms with Crippen molar-refractivity contribution in [2.45, 2.75) is 12.5 Å². The van der Waals surface area contributed by atoms with E-state index in [1.807, 2.05) is 17.5 Å². The molecule has 7 nitrogen and oxygen atoms in total. The van der Waals surface area contributed by atoms with E-state index in [4.69, 9.17) is 8.94 Å². The van der Waals surface area contributed by atoms with Crippen LogP contribution in [0.15, 0.2) is 32.7 Å². The third kappa shape index (κ3) is 3.05. The molecule has 8 heteroatoms. The molecule has 0 spiro atoms. The smallest absolute Gasteiger partial charge is 0.236 e. The van der Waals surface area contributed by atoms with Crippen molar-refractivity contribution in [1.82, 2.24) is 25.3 Å². The van der Waals surface area contributed by atoms with E-state index in [-0.39, 0.29) is 6.04 Å². The van der Waals surface area contributed by atoms with Gasteiger partial charge in [0.25, 0.3) is 0 Å². The van der Waals surface area contributed by atoms with Crippen LogP contribution in [0.5, 0.6) is 0 Å². The van der Waals surface area contributed by atoms with E-state index in [0.29, 0.717) is 18.2 Å². The highest BCUT2D eigenvalue weighted by atomic mass is 32.1. The highest BCUT2D eigenvalue weighted by Crippen LogP contribution is 2.24. The predicted octanol–water partition coefficient (Wildman–Crippen LogP) is 1.95. The molecule has 0 amide bonds. The third-order valence-corrected chi connectivity index (χ3v) is 4.77. The predicted molar refractivity (Wildman–Crippen MR) is 85.2 cm³/mol. The number of nitrogens with one attached hydrogen (secondary N) is 1. The molecule has 0 bridgehead atoms. The lowest BCUT2D eigenvalue weighted by atomic mass is 10.2. The van der Waals surface area contributed by atoms with E-state index in [0.717, 1.165) is 36.0 Å². The summed E-state index contributed by atoms with van der Waals surface area (Å²) < 4.78 is 10.9. The summed E-state index contributed by atoms with van der Waals surface area (Å²) in [7, 11) is 2.08. The van der Waals surface area contributed by atoms with Gasteiger partial charge in [0.05, 0.1) is 23.0 Å². The Balaban J connectivity index is 1.47. The molecule has 0 aliphatic carbocycles. The summed E-state index contributed by atoms with van der Waals surface area (Å²) in [6.07, 6.45) is 2.12. The lowest BCUT2D eigenvalue weighted by Crippen LogP contribution is -2.44. The first-order chi connectivity index (χ1) is 11.3. The van der Waals surface area contributed by atoms with E-state index in [1.165, 1.54) is 0 Å². The minimum Gasteiger partial charge on any atom is -0.444 e. The number of hydrogen-bond acceptors (Lipinski definition) is 8. The summed E-state index contributed by atoms with van der Waals surface area (Å²) in [6.45, 7) is 2.80. The van der Waals surface area contributed by atoms with Crippen LogP contribution >= 0.6 is 11.3 Å². The first-order valence-corrected chi connectivity index (χ1v) is 8.39. The summed E-state index contributed by atoms with van der Waals surface area (Å²) in [6, 6.07) is 4.11. The Bertz CT molecular complexity index is 767. The maximum absolute atomic E-state index is 5.51. The number of likely N-dealkylation sites (N-methyl/N-ethyl adjacent to an activating group) is 1. The highest BCUT2D eigenvalue weighted by Gasteiger charge is 2.25. The van der Waals surface area contributed by atoms with Crippen molar-refractivity contribution in [1.29, 1.82) is 0 Å². The number of oxazole rings is 1. The van der Waals surface area contributed by atoms with Gasteiger partial charge in [-0.2, -0.15) is 4.98 Å². The quantitative estimate of drug-likeness (QED) is 0.782. The van der Waals surface area contributed by atoms with Gasteiger partial charge in [-0.15, -0.1) is 11.3 Å². The normalized spacial score (nSPS) is 19.3. The number of hydrogen-bond donors (Lipinski definition) is 1. The summed E-state index contributed by atoms with van der Waals surface area (Å²) in [5.41, 5.74) is 0.790. The first-order valence-electron chi connectivity index (χ1n) is 7.51. The fraction of sp³-hybridized carbons (Fsp3) is 0.400. The van der Waals surface area contributed by atoms with Crippen molar-refractivity contribution in [2.75, 3.05) is 26.7 Å². The van der Waals surface area contributed by atoms with Crippen molar-refractivity contribution < 1.29 is 8.94 Å². The fourth-order valence-corrected chi connectivity index (χ4v) is 3.28. The van der Waals surface area contributed by atoms with Gasteiger partial charge in [-0.25, -0.2) is 4.98 Å². The summed E-state index contributed by atoms with van der Waals surface area (Å²) in [4.78, 5) is 12.2. The SMILES string of the molecule is CN1CCNCC1c1noc(Cc2coc(-c3cccs3)n2)n1. The average Bonchev–Trinajstić information content (AvgIpc) is 3.29. The van der Waals surface area contributed by atoms with Crippen LogP contribution in [0.25, 0.3) is 10.8 Å². The third-order valence-electron chi connectivity index (χ3n) is 3.91. The number of aromatic nitrogens is 3. The molecular formula is C15H17N5O2S. The van der Waals surface area contributed by atoms with Crippen LogP contribution in [-0.4, -0.2) is 46.7 Å². The van der Waals surface area contributed by atoms with Gasteiger partial charge in [0.1, 0.15) is 6.26 Å². The number of nitrogens with zero attached hydrogens (tertiary/aromatic N) is 4. The van der Waals surface area contributed by atoms with Crippen LogP contribution in [0.1, 0.15) is 23.5 Å². The number of piperazine rings is 1. The van der Waals surface area contributed by atoms with Gasteiger partial charge in [-0.05, 0) is 18.5 Å². The van der Waals surface area contributed by atoms with Gasteiger partial charge >= 0.3 is 0 Å². The summed E-state index contributed by atoms with van der Waals surface area (Å²) >= 11 is 1.60. The molecule has 1 saturated heterocycles. The maximum Gasteiger partial charge on any atom is 0.236 e. The van der Waals surface area contributed by atoms with E-state index in [2.05, 4.69) is 32.4 Å². The zero-order valence-electron chi connectivity index (χ0n) is 12.7. The molecule has 0 radical (unpaired) electrons. The molecule has 1 N–H and O–H groups in total. The summed E-state index contributed by atoms with van der Waals surface area (Å²) in [5.74, 6) is 1.91. The number of thiophene rings is 1. The van der Waals surface area contributed by atoms with Crippen LogP contribution in [0, 0.1) is 0 Å². The Kier molecular flexibility index (Phi) is 3.94. The van der Waals surface area contributed by atoms with E-state index in [1.54, 1.807) is 17.6 Å². The molecule has 23 heavy (non-hydrogen) atoms. The van der Waals surface area contributed by atoms with Crippen molar-refractivity contribution in [3.63, 3.8) is 0 Å². The van der Waals surface area contributed by atoms with Crippen LogP contribution < -0.4 is 5.32 Å². The molecule has 1 aliphatic rings. The van der Waals surface area contributed by atoms with Gasteiger partial charge in [0.15, 0.2) is 5.82 Å². The second-order valence-corrected chi connectivity index (χ2v) is 6.49. The molecule has 3 aromatic rings. The first kappa shape index (κ1) is 14.6. The second kappa shape index (κ2) is 6.23. The molecule has 4 rings (SSSR count). The molecule has 120 valence electrons.